The summed E-state index contributed by atoms with van der Waals surface area (Å²) in [5.74, 6) is -8.47. The first kappa shape index (κ1) is 29.8. The van der Waals surface area contributed by atoms with Crippen molar-refractivity contribution in [2.75, 3.05) is 0 Å². The molecule has 0 atom stereocenters. The van der Waals surface area contributed by atoms with Crippen molar-refractivity contribution in [3.8, 4) is 11.1 Å². The lowest BCUT2D eigenvalue weighted by Gasteiger charge is -2.03. The normalized spacial score (nSPS) is 10.1. The number of benzene rings is 2. The lowest BCUT2D eigenvalue weighted by Crippen LogP contribution is -2.30. The van der Waals surface area contributed by atoms with Crippen LogP contribution in [0.5, 0.6) is 0 Å². The van der Waals surface area contributed by atoms with Crippen LogP contribution in [-0.2, 0) is 0 Å². The lowest BCUT2D eigenvalue weighted by atomic mass is 9.80. The standard InChI is InChI=1S/C11H5ClF3N.C6H4BF3O2.C5H3ClIN/c12-10-5-6(1-2-16-10)7-3-8(13)11(15)9(14)4-7;8-4-1-3(7(11)12)2-5(9)6(4)10;6-5-3-4(7)1-2-8-5/h1-5H;1-2,11-12H;1-3H. The van der Waals surface area contributed by atoms with Crippen molar-refractivity contribution >= 4 is 58.4 Å². The molecule has 0 fully saturated rings. The molecule has 0 unspecified atom stereocenters. The molecule has 14 heteroatoms. The van der Waals surface area contributed by atoms with E-state index in [1.807, 2.05) is 12.1 Å². The zero-order valence-corrected chi connectivity index (χ0v) is 21.2. The average Bonchev–Trinajstić information content (AvgIpc) is 2.81. The smallest absolute Gasteiger partial charge is 0.423 e. The minimum Gasteiger partial charge on any atom is -0.423 e. The molecule has 2 heterocycles. The third-order valence-corrected chi connectivity index (χ3v) is 5.12. The predicted octanol–water partition coefficient (Wildman–Crippen LogP) is 5.94. The van der Waals surface area contributed by atoms with Gasteiger partial charge in [0.2, 0.25) is 0 Å². The molecule has 0 amide bonds. The van der Waals surface area contributed by atoms with E-state index in [0.29, 0.717) is 22.8 Å². The molecule has 0 spiro atoms. The van der Waals surface area contributed by atoms with E-state index < -0.39 is 47.5 Å². The van der Waals surface area contributed by atoms with Crippen molar-refractivity contribution in [2.45, 2.75) is 0 Å². The number of halogens is 9. The number of rotatable bonds is 2. The van der Waals surface area contributed by atoms with E-state index in [1.165, 1.54) is 18.3 Å². The molecule has 4 nitrogen and oxygen atoms in total. The number of nitrogens with zero attached hydrogens (tertiary/aromatic N) is 2. The first-order chi connectivity index (χ1) is 16.9. The van der Waals surface area contributed by atoms with Gasteiger partial charge in [-0.15, -0.1) is 0 Å². The van der Waals surface area contributed by atoms with Gasteiger partial charge in [0.25, 0.3) is 0 Å². The minimum absolute atomic E-state index is 0.197. The van der Waals surface area contributed by atoms with Crippen molar-refractivity contribution in [3.63, 3.8) is 0 Å². The fourth-order valence-corrected chi connectivity index (χ4v) is 3.39. The van der Waals surface area contributed by atoms with Gasteiger partial charge in [0.1, 0.15) is 10.3 Å². The molecule has 0 saturated carbocycles. The Kier molecular flexibility index (Phi) is 11.4. The monoisotopic (exact) mass is 658 g/mol. The summed E-state index contributed by atoms with van der Waals surface area (Å²) in [7, 11) is -2.00. The second-order valence-electron chi connectivity index (χ2n) is 6.59. The number of hydrogen-bond donors (Lipinski definition) is 2. The SMILES string of the molecule is Clc1cc(I)ccn1.Fc1cc(-c2ccnc(Cl)c2)cc(F)c1F.OB(O)c1cc(F)c(F)c(F)c1. The van der Waals surface area contributed by atoms with Crippen molar-refractivity contribution in [3.05, 3.63) is 110 Å². The Bertz CT molecular complexity index is 1290. The summed E-state index contributed by atoms with van der Waals surface area (Å²) in [6.45, 7) is 0. The van der Waals surface area contributed by atoms with Gasteiger partial charge in [0.15, 0.2) is 34.9 Å². The summed E-state index contributed by atoms with van der Waals surface area (Å²) in [5, 5.41) is 17.7. The van der Waals surface area contributed by atoms with E-state index in [9.17, 15) is 26.3 Å². The van der Waals surface area contributed by atoms with E-state index in [0.717, 1.165) is 15.7 Å². The first-order valence-electron chi connectivity index (χ1n) is 9.43. The average molecular weight is 659 g/mol. The lowest BCUT2D eigenvalue weighted by molar-refractivity contribution is 0.421. The van der Waals surface area contributed by atoms with Gasteiger partial charge in [0.05, 0.1) is 0 Å². The van der Waals surface area contributed by atoms with Crippen molar-refractivity contribution in [1.29, 1.82) is 0 Å². The summed E-state index contributed by atoms with van der Waals surface area (Å²) < 4.78 is 76.7. The van der Waals surface area contributed by atoms with Gasteiger partial charge in [-0.1, -0.05) is 23.2 Å². The highest BCUT2D eigenvalue weighted by atomic mass is 127. The van der Waals surface area contributed by atoms with Crippen molar-refractivity contribution in [2.24, 2.45) is 0 Å². The fraction of sp³-hybridized carbons (Fsp3) is 0. The summed E-state index contributed by atoms with van der Waals surface area (Å²) in [6.07, 6.45) is 3.08. The topological polar surface area (TPSA) is 66.2 Å². The molecule has 0 bridgehead atoms. The van der Waals surface area contributed by atoms with Crippen LogP contribution in [0.15, 0.2) is 60.9 Å². The summed E-state index contributed by atoms with van der Waals surface area (Å²) in [5.41, 5.74) is 0.255. The predicted molar refractivity (Wildman–Crippen MR) is 133 cm³/mol. The van der Waals surface area contributed by atoms with Crippen LogP contribution in [0.25, 0.3) is 11.1 Å². The van der Waals surface area contributed by atoms with Gasteiger partial charge >= 0.3 is 7.12 Å². The molecule has 2 N–H and O–H groups in total. The van der Waals surface area contributed by atoms with Gasteiger partial charge in [-0.2, -0.15) is 0 Å². The van der Waals surface area contributed by atoms with Gasteiger partial charge in [-0.3, -0.25) is 0 Å². The van der Waals surface area contributed by atoms with E-state index in [4.69, 9.17) is 33.2 Å². The van der Waals surface area contributed by atoms with Crippen LogP contribution >= 0.6 is 45.8 Å². The molecule has 4 rings (SSSR count). The molecule has 0 aliphatic carbocycles. The molecule has 2 aromatic carbocycles. The molecule has 0 saturated heterocycles. The minimum atomic E-state index is -2.00. The highest BCUT2D eigenvalue weighted by Gasteiger charge is 2.17. The third-order valence-electron chi connectivity index (χ3n) is 4.04. The second kappa shape index (κ2) is 13.8. The zero-order valence-electron chi connectivity index (χ0n) is 17.5. The molecule has 0 aliphatic heterocycles. The second-order valence-corrected chi connectivity index (χ2v) is 8.61. The zero-order chi connectivity index (χ0) is 27.0. The number of hydrogen-bond acceptors (Lipinski definition) is 4. The summed E-state index contributed by atoms with van der Waals surface area (Å²) in [4.78, 5) is 7.53. The number of aromatic nitrogens is 2. The molecule has 0 aliphatic rings. The van der Waals surface area contributed by atoms with Crippen LogP contribution in [0.2, 0.25) is 10.3 Å². The molecular weight excluding hydrogens is 647 g/mol. The van der Waals surface area contributed by atoms with E-state index in [1.54, 1.807) is 6.20 Å². The van der Waals surface area contributed by atoms with E-state index in [2.05, 4.69) is 32.6 Å². The Morgan fingerprint density at radius 1 is 0.639 bits per heavy atom. The summed E-state index contributed by atoms with van der Waals surface area (Å²) >= 11 is 13.3. The van der Waals surface area contributed by atoms with Crippen molar-refractivity contribution in [1.82, 2.24) is 9.97 Å². The van der Waals surface area contributed by atoms with E-state index >= 15 is 0 Å². The van der Waals surface area contributed by atoms with Gasteiger partial charge in [0, 0.05) is 16.0 Å². The van der Waals surface area contributed by atoms with Gasteiger partial charge in [-0.25, -0.2) is 36.3 Å². The van der Waals surface area contributed by atoms with E-state index in [-0.39, 0.29) is 10.7 Å². The van der Waals surface area contributed by atoms with Crippen LogP contribution in [-0.4, -0.2) is 27.1 Å². The Morgan fingerprint density at radius 2 is 1.08 bits per heavy atom. The van der Waals surface area contributed by atoms with Crippen LogP contribution < -0.4 is 5.46 Å². The molecule has 4 aromatic rings. The molecule has 2 aromatic heterocycles. The molecule has 188 valence electrons. The fourth-order valence-electron chi connectivity index (χ4n) is 2.41. The molecular formula is C22H12BCl2F6IN2O2. The van der Waals surface area contributed by atoms with Gasteiger partial charge in [-0.05, 0) is 87.7 Å². The quantitative estimate of drug-likeness (QED) is 0.0920. The number of pyridine rings is 2. The summed E-state index contributed by atoms with van der Waals surface area (Å²) in [6, 6.07) is 9.51. The molecule has 0 radical (unpaired) electrons. The molecule has 36 heavy (non-hydrogen) atoms. The van der Waals surface area contributed by atoms with Crippen LogP contribution in [0.4, 0.5) is 26.3 Å². The Hall–Kier alpha value is -2.39. The highest BCUT2D eigenvalue weighted by molar-refractivity contribution is 14.1. The van der Waals surface area contributed by atoms with Gasteiger partial charge < -0.3 is 10.0 Å². The van der Waals surface area contributed by atoms with Crippen LogP contribution in [0, 0.1) is 38.5 Å². The maximum atomic E-state index is 13.0. The largest absolute Gasteiger partial charge is 0.488 e. The Balaban J connectivity index is 0.000000202. The van der Waals surface area contributed by atoms with Crippen LogP contribution in [0.1, 0.15) is 0 Å². The highest BCUT2D eigenvalue weighted by Crippen LogP contribution is 2.24. The third kappa shape index (κ3) is 8.93. The van der Waals surface area contributed by atoms with Crippen LogP contribution in [0.3, 0.4) is 0 Å². The first-order valence-corrected chi connectivity index (χ1v) is 11.3. The van der Waals surface area contributed by atoms with Crippen molar-refractivity contribution < 1.29 is 36.4 Å². The Morgan fingerprint density at radius 3 is 1.47 bits per heavy atom. The maximum absolute atomic E-state index is 13.0. The Labute approximate surface area is 224 Å². The maximum Gasteiger partial charge on any atom is 0.488 e.